The van der Waals surface area contributed by atoms with Gasteiger partial charge < -0.3 is 20.7 Å². The van der Waals surface area contributed by atoms with Crippen LogP contribution in [0.1, 0.15) is 60.3 Å². The van der Waals surface area contributed by atoms with Crippen LogP contribution in [0.5, 0.6) is 0 Å². The Labute approximate surface area is 178 Å². The fraction of sp³-hybridized carbons (Fsp3) is 0.478. The van der Waals surface area contributed by atoms with Crippen LogP contribution < -0.4 is 16.5 Å². The summed E-state index contributed by atoms with van der Waals surface area (Å²) >= 11 is 0. The van der Waals surface area contributed by atoms with Crippen LogP contribution in [-0.2, 0) is 6.42 Å². The number of nitrogens with two attached hydrogens (primary N) is 1. The molecule has 1 saturated carbocycles. The minimum absolute atomic E-state index is 0.000916. The highest BCUT2D eigenvalue weighted by Gasteiger charge is 2.32. The second-order valence-electron chi connectivity index (χ2n) is 8.47. The number of carboxylic acids is 1. The highest BCUT2D eigenvalue weighted by Crippen LogP contribution is 2.40. The molecule has 2 fully saturated rings. The summed E-state index contributed by atoms with van der Waals surface area (Å²) in [6.45, 7) is 3.21. The minimum atomic E-state index is -1.35. The molecule has 166 valence electrons. The number of benzene rings is 1. The molecule has 2 atom stereocenters. The van der Waals surface area contributed by atoms with Crippen molar-refractivity contribution in [3.8, 4) is 0 Å². The normalized spacial score (nSPS) is 21.4. The molecule has 2 aromatic rings. The van der Waals surface area contributed by atoms with Crippen molar-refractivity contribution in [2.24, 2.45) is 11.7 Å². The van der Waals surface area contributed by atoms with Gasteiger partial charge in [-0.25, -0.2) is 13.6 Å². The number of hydrogen-bond acceptors (Lipinski definition) is 4. The second kappa shape index (κ2) is 8.51. The summed E-state index contributed by atoms with van der Waals surface area (Å²) in [7, 11) is 0. The largest absolute Gasteiger partial charge is 0.477 e. The van der Waals surface area contributed by atoms with E-state index in [1.807, 2.05) is 0 Å². The Bertz CT molecular complexity index is 1120. The Morgan fingerprint density at radius 1 is 1.39 bits per heavy atom. The van der Waals surface area contributed by atoms with E-state index in [1.165, 1.54) is 6.08 Å². The highest BCUT2D eigenvalue weighted by atomic mass is 19.2. The number of aromatic nitrogens is 1. The lowest BCUT2D eigenvalue weighted by molar-refractivity contribution is 0.0693. The molecule has 0 radical (unpaired) electrons. The van der Waals surface area contributed by atoms with Crippen molar-refractivity contribution in [3.63, 3.8) is 0 Å². The lowest BCUT2D eigenvalue weighted by Crippen LogP contribution is -2.25. The van der Waals surface area contributed by atoms with Crippen molar-refractivity contribution < 1.29 is 18.7 Å². The highest BCUT2D eigenvalue weighted by molar-refractivity contribution is 5.97. The molecule has 31 heavy (non-hydrogen) atoms. The molecule has 1 aliphatic carbocycles. The summed E-state index contributed by atoms with van der Waals surface area (Å²) in [5, 5.41) is 12.9. The fourth-order valence-electron chi connectivity index (χ4n) is 4.66. The van der Waals surface area contributed by atoms with Gasteiger partial charge in [-0.3, -0.25) is 4.79 Å². The second-order valence-corrected chi connectivity index (χ2v) is 8.47. The lowest BCUT2D eigenvalue weighted by Gasteiger charge is -2.20. The third-order valence-corrected chi connectivity index (χ3v) is 6.33. The third kappa shape index (κ3) is 3.90. The number of rotatable bonds is 7. The van der Waals surface area contributed by atoms with Crippen LogP contribution in [0.4, 0.5) is 8.78 Å². The van der Waals surface area contributed by atoms with Crippen LogP contribution in [0.3, 0.4) is 0 Å². The smallest absolute Gasteiger partial charge is 0.341 e. The zero-order valence-electron chi connectivity index (χ0n) is 17.5. The number of pyridine rings is 1. The van der Waals surface area contributed by atoms with E-state index in [4.69, 9.17) is 5.73 Å². The molecule has 2 aliphatic rings. The van der Waals surface area contributed by atoms with Gasteiger partial charge in [0.15, 0.2) is 11.6 Å². The number of carbonyl (C=O) groups is 1. The fourth-order valence-corrected chi connectivity index (χ4v) is 4.66. The van der Waals surface area contributed by atoms with Gasteiger partial charge in [0.25, 0.3) is 0 Å². The van der Waals surface area contributed by atoms with E-state index in [0.717, 1.165) is 31.9 Å². The Hall–Kier alpha value is -2.58. The first-order chi connectivity index (χ1) is 14.9. The monoisotopic (exact) mass is 431 g/mol. The molecule has 6 nitrogen and oxygen atoms in total. The lowest BCUT2D eigenvalue weighted by atomic mass is 10.00. The molecular formula is C23H27F2N3O3. The first kappa shape index (κ1) is 21.6. The van der Waals surface area contributed by atoms with Gasteiger partial charge in [-0.2, -0.15) is 0 Å². The van der Waals surface area contributed by atoms with Gasteiger partial charge in [-0.05, 0) is 57.2 Å². The number of nitrogens with zero attached hydrogens (tertiary/aromatic N) is 1. The van der Waals surface area contributed by atoms with Crippen LogP contribution >= 0.6 is 0 Å². The summed E-state index contributed by atoms with van der Waals surface area (Å²) in [6.07, 6.45) is 6.76. The van der Waals surface area contributed by atoms with Gasteiger partial charge in [0.2, 0.25) is 5.43 Å². The van der Waals surface area contributed by atoms with Crippen molar-refractivity contribution >= 4 is 22.9 Å². The van der Waals surface area contributed by atoms with Crippen molar-refractivity contribution in [2.75, 3.05) is 13.1 Å². The first-order valence-corrected chi connectivity index (χ1v) is 10.8. The van der Waals surface area contributed by atoms with E-state index in [0.29, 0.717) is 31.0 Å². The topological polar surface area (TPSA) is 97.3 Å². The quantitative estimate of drug-likeness (QED) is 0.626. The van der Waals surface area contributed by atoms with Gasteiger partial charge in [-0.15, -0.1) is 0 Å². The van der Waals surface area contributed by atoms with E-state index in [1.54, 1.807) is 17.6 Å². The zero-order chi connectivity index (χ0) is 22.3. The summed E-state index contributed by atoms with van der Waals surface area (Å²) in [5.41, 5.74) is 5.23. The minimum Gasteiger partial charge on any atom is -0.477 e. The maximum absolute atomic E-state index is 14.9. The van der Waals surface area contributed by atoms with Gasteiger partial charge in [0, 0.05) is 23.3 Å². The Kier molecular flexibility index (Phi) is 5.94. The summed E-state index contributed by atoms with van der Waals surface area (Å²) in [6, 6.07) is 1.03. The Morgan fingerprint density at radius 2 is 2.13 bits per heavy atom. The number of aromatic carboxylic acids is 1. The number of nitrogens with one attached hydrogen (secondary N) is 1. The molecular weight excluding hydrogens is 404 g/mol. The average Bonchev–Trinajstić information content (AvgIpc) is 3.48. The van der Waals surface area contributed by atoms with Gasteiger partial charge in [0.1, 0.15) is 5.56 Å². The van der Waals surface area contributed by atoms with Crippen molar-refractivity contribution in [2.45, 2.75) is 51.1 Å². The molecule has 0 bridgehead atoms. The standard InChI is InChI=1S/C23H27F2N3O3/c1-2-18-19(23(30)31)22(29)16-9-17(24)20(25)15(21(16)28(18)14-6-7-14)5-3-4-13-8-12(10-26)11-27-13/h3,5,9,12-14,27H,2,4,6-8,10-11,26H2,1H3,(H,30,31)/t12-,13+/m1/s1. The Morgan fingerprint density at radius 3 is 2.71 bits per heavy atom. The summed E-state index contributed by atoms with van der Waals surface area (Å²) in [4.78, 5) is 24.8. The van der Waals surface area contributed by atoms with Crippen molar-refractivity contribution in [3.05, 3.63) is 50.8 Å². The average molecular weight is 431 g/mol. The number of hydrogen-bond donors (Lipinski definition) is 3. The maximum Gasteiger partial charge on any atom is 0.341 e. The number of halogens is 2. The molecule has 8 heteroatoms. The maximum atomic E-state index is 14.9. The van der Waals surface area contributed by atoms with E-state index in [-0.39, 0.29) is 34.1 Å². The van der Waals surface area contributed by atoms with Gasteiger partial charge in [-0.1, -0.05) is 19.1 Å². The predicted molar refractivity (Wildman–Crippen MR) is 115 cm³/mol. The van der Waals surface area contributed by atoms with Crippen LogP contribution in [-0.4, -0.2) is 34.8 Å². The third-order valence-electron chi connectivity index (χ3n) is 6.33. The first-order valence-electron chi connectivity index (χ1n) is 10.8. The van der Waals surface area contributed by atoms with Crippen LogP contribution in [0.15, 0.2) is 16.9 Å². The van der Waals surface area contributed by atoms with Crippen LogP contribution in [0.25, 0.3) is 17.0 Å². The summed E-state index contributed by atoms with van der Waals surface area (Å²) in [5.74, 6) is -3.12. The number of carboxylic acid groups (broad SMARTS) is 1. The molecule has 1 saturated heterocycles. The predicted octanol–water partition coefficient (Wildman–Crippen LogP) is 3.22. The molecule has 1 aliphatic heterocycles. The van der Waals surface area contributed by atoms with Crippen molar-refractivity contribution in [1.82, 2.24) is 9.88 Å². The molecule has 0 unspecified atom stereocenters. The van der Waals surface area contributed by atoms with E-state index >= 15 is 0 Å². The molecule has 4 N–H and O–H groups in total. The van der Waals surface area contributed by atoms with Crippen molar-refractivity contribution in [1.29, 1.82) is 0 Å². The molecule has 1 aromatic heterocycles. The summed E-state index contributed by atoms with van der Waals surface area (Å²) < 4.78 is 31.1. The van der Waals surface area contributed by atoms with Gasteiger partial charge >= 0.3 is 5.97 Å². The SMILES string of the molecule is CCc1c(C(=O)O)c(=O)c2cc(F)c(F)c(C=CC[C@H]3C[C@H](CN)CN3)c2n1C1CC1. The van der Waals surface area contributed by atoms with Crippen LogP contribution in [0.2, 0.25) is 0 Å². The van der Waals surface area contributed by atoms with E-state index in [9.17, 15) is 23.5 Å². The molecule has 0 spiro atoms. The molecule has 1 aromatic carbocycles. The van der Waals surface area contributed by atoms with Crippen LogP contribution in [0, 0.1) is 17.6 Å². The zero-order valence-corrected chi connectivity index (χ0v) is 17.5. The molecule has 0 amide bonds. The van der Waals surface area contributed by atoms with Gasteiger partial charge in [0.05, 0.1) is 10.9 Å². The molecule has 4 rings (SSSR count). The van der Waals surface area contributed by atoms with E-state index in [2.05, 4.69) is 5.32 Å². The molecule has 2 heterocycles. The number of fused-ring (bicyclic) bond motifs is 1. The Balaban J connectivity index is 1.88. The van der Waals surface area contributed by atoms with E-state index < -0.39 is 23.0 Å².